The maximum absolute atomic E-state index is 12.4. The van der Waals surface area contributed by atoms with Crippen molar-refractivity contribution in [1.29, 1.82) is 0 Å². The molecule has 1 amide bonds. The van der Waals surface area contributed by atoms with E-state index in [1.54, 1.807) is 18.3 Å². The van der Waals surface area contributed by atoms with Crippen molar-refractivity contribution < 1.29 is 14.7 Å². The first-order chi connectivity index (χ1) is 10.6. The van der Waals surface area contributed by atoms with Crippen molar-refractivity contribution in [1.82, 2.24) is 9.97 Å². The molecule has 22 heavy (non-hydrogen) atoms. The number of allylic oxidation sites excluding steroid dienone is 3. The van der Waals surface area contributed by atoms with Gasteiger partial charge in [-0.05, 0) is 26.2 Å². The van der Waals surface area contributed by atoms with Gasteiger partial charge in [-0.15, -0.1) is 0 Å². The summed E-state index contributed by atoms with van der Waals surface area (Å²) in [7, 11) is 0. The van der Waals surface area contributed by atoms with Crippen LogP contribution in [0.15, 0.2) is 36.8 Å². The Hall–Kier alpha value is -2.50. The van der Waals surface area contributed by atoms with Crippen LogP contribution in [0.1, 0.15) is 24.8 Å². The lowest BCUT2D eigenvalue weighted by Crippen LogP contribution is -2.23. The van der Waals surface area contributed by atoms with Gasteiger partial charge in [0.1, 0.15) is 12.1 Å². The van der Waals surface area contributed by atoms with E-state index in [0.717, 1.165) is 5.56 Å². The number of carbonyl (C=O) groups is 2. The zero-order chi connectivity index (χ0) is 15.9. The summed E-state index contributed by atoms with van der Waals surface area (Å²) >= 11 is 0. The predicted octanol–water partition coefficient (Wildman–Crippen LogP) is 2.34. The molecular formula is C16H19N3O3. The van der Waals surface area contributed by atoms with Gasteiger partial charge < -0.3 is 10.4 Å². The van der Waals surface area contributed by atoms with Gasteiger partial charge in [0.2, 0.25) is 5.91 Å². The number of rotatable bonds is 3. The molecule has 2 atom stereocenters. The number of carbonyl (C=O) groups excluding carboxylic acids is 1. The molecule has 0 saturated heterocycles. The van der Waals surface area contributed by atoms with Crippen LogP contribution in [0.2, 0.25) is 0 Å². The smallest absolute Gasteiger partial charge is 0.310 e. The molecule has 2 N–H and O–H groups in total. The quantitative estimate of drug-likeness (QED) is 0.836. The number of carboxylic acid groups (broad SMARTS) is 1. The van der Waals surface area contributed by atoms with Gasteiger partial charge in [0.15, 0.2) is 0 Å². The number of aliphatic carboxylic acids is 1. The average molecular weight is 301 g/mol. The van der Waals surface area contributed by atoms with Gasteiger partial charge in [0.05, 0.1) is 5.92 Å². The van der Waals surface area contributed by atoms with Crippen LogP contribution in [-0.4, -0.2) is 27.0 Å². The number of nitrogens with zero attached hydrogens (tertiary/aromatic N) is 2. The molecule has 2 rings (SSSR count). The Morgan fingerprint density at radius 2 is 1.95 bits per heavy atom. The maximum atomic E-state index is 12.4. The van der Waals surface area contributed by atoms with Crippen LogP contribution in [0.25, 0.3) is 0 Å². The summed E-state index contributed by atoms with van der Waals surface area (Å²) in [5.74, 6) is -1.22. The zero-order valence-corrected chi connectivity index (χ0v) is 12.4. The molecular weight excluding hydrogens is 282 g/mol. The van der Waals surface area contributed by atoms with Gasteiger partial charge in [-0.1, -0.05) is 24.3 Å². The SMILES string of the molecule is Cc1cncnc1NC(=O)C1C/C=C/CC(C(=O)O)/C=C/C1. The lowest BCUT2D eigenvalue weighted by Gasteiger charge is -2.13. The number of anilines is 1. The summed E-state index contributed by atoms with van der Waals surface area (Å²) in [5.41, 5.74) is 0.802. The summed E-state index contributed by atoms with van der Waals surface area (Å²) in [6.07, 6.45) is 11.7. The third-order valence-corrected chi connectivity index (χ3v) is 3.59. The second-order valence-electron chi connectivity index (χ2n) is 5.29. The summed E-state index contributed by atoms with van der Waals surface area (Å²) in [6, 6.07) is 0. The fourth-order valence-corrected chi connectivity index (χ4v) is 2.23. The van der Waals surface area contributed by atoms with Gasteiger partial charge in [-0.25, -0.2) is 9.97 Å². The fourth-order valence-electron chi connectivity index (χ4n) is 2.23. The third-order valence-electron chi connectivity index (χ3n) is 3.59. The summed E-state index contributed by atoms with van der Waals surface area (Å²) in [6.45, 7) is 1.83. The van der Waals surface area contributed by atoms with Gasteiger partial charge in [0, 0.05) is 17.7 Å². The van der Waals surface area contributed by atoms with Crippen molar-refractivity contribution in [2.24, 2.45) is 11.8 Å². The Labute approximate surface area is 129 Å². The van der Waals surface area contributed by atoms with Crippen molar-refractivity contribution >= 4 is 17.7 Å². The molecule has 0 bridgehead atoms. The second-order valence-corrected chi connectivity index (χ2v) is 5.29. The van der Waals surface area contributed by atoms with E-state index in [0.29, 0.717) is 25.1 Å². The van der Waals surface area contributed by atoms with E-state index in [4.69, 9.17) is 5.11 Å². The molecule has 2 unspecified atom stereocenters. The van der Waals surface area contributed by atoms with E-state index < -0.39 is 11.9 Å². The minimum Gasteiger partial charge on any atom is -0.481 e. The van der Waals surface area contributed by atoms with E-state index in [2.05, 4.69) is 15.3 Å². The van der Waals surface area contributed by atoms with Crippen LogP contribution >= 0.6 is 0 Å². The monoisotopic (exact) mass is 301 g/mol. The molecule has 1 aliphatic carbocycles. The molecule has 6 heteroatoms. The second kappa shape index (κ2) is 7.49. The molecule has 0 spiro atoms. The molecule has 0 aromatic carbocycles. The number of aryl methyl sites for hydroxylation is 1. The van der Waals surface area contributed by atoms with E-state index in [-0.39, 0.29) is 11.8 Å². The highest BCUT2D eigenvalue weighted by molar-refractivity contribution is 5.92. The van der Waals surface area contributed by atoms with Crippen molar-refractivity contribution in [3.05, 3.63) is 42.4 Å². The average Bonchev–Trinajstić information content (AvgIpc) is 2.61. The van der Waals surface area contributed by atoms with Crippen LogP contribution < -0.4 is 5.32 Å². The van der Waals surface area contributed by atoms with Gasteiger partial charge in [-0.3, -0.25) is 9.59 Å². The number of nitrogens with one attached hydrogen (secondary N) is 1. The largest absolute Gasteiger partial charge is 0.481 e. The third kappa shape index (κ3) is 4.25. The fraction of sp³-hybridized carbons (Fsp3) is 0.375. The van der Waals surface area contributed by atoms with Crippen molar-refractivity contribution in [3.8, 4) is 0 Å². The zero-order valence-electron chi connectivity index (χ0n) is 12.4. The molecule has 0 radical (unpaired) electrons. The van der Waals surface area contributed by atoms with Crippen LogP contribution in [0, 0.1) is 18.8 Å². The molecule has 6 nitrogen and oxygen atoms in total. The number of hydrogen-bond acceptors (Lipinski definition) is 4. The minimum absolute atomic E-state index is 0.120. The molecule has 1 aliphatic rings. The van der Waals surface area contributed by atoms with Crippen LogP contribution in [0.3, 0.4) is 0 Å². The number of hydrogen-bond donors (Lipinski definition) is 2. The Morgan fingerprint density at radius 1 is 1.23 bits per heavy atom. The topological polar surface area (TPSA) is 92.2 Å². The first kappa shape index (κ1) is 15.9. The Kier molecular flexibility index (Phi) is 5.41. The summed E-state index contributed by atoms with van der Waals surface area (Å²) < 4.78 is 0. The normalized spacial score (nSPS) is 24.4. The Morgan fingerprint density at radius 3 is 2.68 bits per heavy atom. The Bertz CT molecular complexity index is 610. The van der Waals surface area contributed by atoms with E-state index in [1.165, 1.54) is 6.33 Å². The lowest BCUT2D eigenvalue weighted by molar-refractivity contribution is -0.139. The molecule has 1 aromatic rings. The van der Waals surface area contributed by atoms with Gasteiger partial charge >= 0.3 is 5.97 Å². The highest BCUT2D eigenvalue weighted by Gasteiger charge is 2.19. The summed E-state index contributed by atoms with van der Waals surface area (Å²) in [5, 5.41) is 11.9. The highest BCUT2D eigenvalue weighted by Crippen LogP contribution is 2.19. The number of carboxylic acids is 1. The van der Waals surface area contributed by atoms with Crippen LogP contribution in [-0.2, 0) is 9.59 Å². The van der Waals surface area contributed by atoms with Crippen LogP contribution in [0.4, 0.5) is 5.82 Å². The van der Waals surface area contributed by atoms with E-state index in [1.807, 2.05) is 19.1 Å². The molecule has 0 fully saturated rings. The minimum atomic E-state index is -0.847. The Balaban J connectivity index is 2.05. The van der Waals surface area contributed by atoms with Crippen molar-refractivity contribution in [2.75, 3.05) is 5.32 Å². The lowest BCUT2D eigenvalue weighted by atomic mass is 9.99. The first-order valence-corrected chi connectivity index (χ1v) is 7.20. The number of amides is 1. The van der Waals surface area contributed by atoms with Gasteiger partial charge in [-0.2, -0.15) is 0 Å². The van der Waals surface area contributed by atoms with E-state index in [9.17, 15) is 9.59 Å². The number of aromatic nitrogens is 2. The highest BCUT2D eigenvalue weighted by atomic mass is 16.4. The molecule has 0 aliphatic heterocycles. The van der Waals surface area contributed by atoms with Crippen LogP contribution in [0.5, 0.6) is 0 Å². The molecule has 1 heterocycles. The molecule has 0 saturated carbocycles. The first-order valence-electron chi connectivity index (χ1n) is 7.20. The maximum Gasteiger partial charge on any atom is 0.310 e. The molecule has 1 aromatic heterocycles. The van der Waals surface area contributed by atoms with Crippen molar-refractivity contribution in [2.45, 2.75) is 26.2 Å². The van der Waals surface area contributed by atoms with Gasteiger partial charge in [0.25, 0.3) is 0 Å². The molecule has 116 valence electrons. The van der Waals surface area contributed by atoms with E-state index >= 15 is 0 Å². The predicted molar refractivity (Wildman–Crippen MR) is 82.1 cm³/mol. The standard InChI is InChI=1S/C16H19N3O3/c1-11-9-17-10-18-14(11)19-15(20)12-5-2-3-6-13(16(21)22)8-4-7-12/h2-4,8-10,12-13H,5-7H2,1H3,(H,21,22)(H,17,18,19,20)/b3-2+,8-4+. The van der Waals surface area contributed by atoms with Crippen molar-refractivity contribution in [3.63, 3.8) is 0 Å². The summed E-state index contributed by atoms with van der Waals surface area (Å²) in [4.78, 5) is 31.3.